The van der Waals surface area contributed by atoms with E-state index >= 15 is 0 Å². The van der Waals surface area contributed by atoms with Gasteiger partial charge in [-0.05, 0) is 43.3 Å². The molecule has 0 heterocycles. The average Bonchev–Trinajstić information content (AvgIpc) is 2.68. The third-order valence-electron chi connectivity index (χ3n) is 4.10. The van der Waals surface area contributed by atoms with E-state index < -0.39 is 0 Å². The molecule has 3 N–H and O–H groups in total. The first kappa shape index (κ1) is 19.6. The fraction of sp³-hybridized carbons (Fsp3) is 0.300. The lowest BCUT2D eigenvalue weighted by molar-refractivity contribution is -0.129. The van der Waals surface area contributed by atoms with E-state index in [-0.39, 0.29) is 18.2 Å². The highest BCUT2D eigenvalue weighted by Gasteiger charge is 2.07. The van der Waals surface area contributed by atoms with Crippen LogP contribution < -0.4 is 10.8 Å². The maximum atomic E-state index is 12.2. The van der Waals surface area contributed by atoms with Crippen LogP contribution in [0.25, 0.3) is 11.1 Å². The van der Waals surface area contributed by atoms with E-state index in [9.17, 15) is 9.59 Å². The summed E-state index contributed by atoms with van der Waals surface area (Å²) in [5.74, 6) is -0.483. The van der Waals surface area contributed by atoms with Gasteiger partial charge in [0.2, 0.25) is 5.91 Å². The molecular weight excluding hydrogens is 330 g/mol. The van der Waals surface area contributed by atoms with E-state index in [0.717, 1.165) is 17.7 Å². The maximum Gasteiger partial charge on any atom is 0.251 e. The lowest BCUT2D eigenvalue weighted by Crippen LogP contribution is -2.33. The van der Waals surface area contributed by atoms with Gasteiger partial charge >= 0.3 is 0 Å². The summed E-state index contributed by atoms with van der Waals surface area (Å²) in [5.41, 5.74) is 4.45. The number of hydroxylamine groups is 1. The number of carbonyl (C=O) groups excluding carboxylic acids is 2. The zero-order valence-corrected chi connectivity index (χ0v) is 14.9. The molecule has 2 amide bonds. The van der Waals surface area contributed by atoms with Crippen LogP contribution in [0.5, 0.6) is 0 Å². The first-order chi connectivity index (χ1) is 12.6. The van der Waals surface area contributed by atoms with Gasteiger partial charge in [0, 0.05) is 25.1 Å². The molecule has 0 atom stereocenters. The van der Waals surface area contributed by atoms with Gasteiger partial charge in [-0.15, -0.1) is 0 Å². The Labute approximate surface area is 153 Å². The highest BCUT2D eigenvalue weighted by Crippen LogP contribution is 2.19. The lowest BCUT2D eigenvalue weighted by atomic mass is 10.0. The first-order valence-electron chi connectivity index (χ1n) is 8.65. The van der Waals surface area contributed by atoms with Crippen molar-refractivity contribution in [2.75, 3.05) is 26.7 Å². The summed E-state index contributed by atoms with van der Waals surface area (Å²) in [6.45, 7) is 1.94. The molecule has 0 aromatic heterocycles. The van der Waals surface area contributed by atoms with Gasteiger partial charge in [-0.2, -0.15) is 0 Å². The van der Waals surface area contributed by atoms with Crippen molar-refractivity contribution in [1.29, 1.82) is 0 Å². The third-order valence-corrected chi connectivity index (χ3v) is 4.10. The van der Waals surface area contributed by atoms with Crippen LogP contribution in [-0.2, 0) is 4.79 Å². The minimum Gasteiger partial charge on any atom is -0.351 e. The number of nitrogens with one attached hydrogen (secondary N) is 2. The van der Waals surface area contributed by atoms with Gasteiger partial charge in [-0.1, -0.05) is 42.5 Å². The van der Waals surface area contributed by atoms with Gasteiger partial charge in [-0.3, -0.25) is 14.8 Å². The van der Waals surface area contributed by atoms with Crippen LogP contribution in [0, 0.1) is 0 Å². The Kier molecular flexibility index (Phi) is 7.79. The summed E-state index contributed by atoms with van der Waals surface area (Å²) in [6.07, 6.45) is 0.929. The molecule has 138 valence electrons. The van der Waals surface area contributed by atoms with Crippen LogP contribution in [-0.4, -0.2) is 48.6 Å². The molecule has 0 unspecified atom stereocenters. The zero-order chi connectivity index (χ0) is 18.8. The second kappa shape index (κ2) is 10.3. The Bertz CT molecular complexity index is 702. The van der Waals surface area contributed by atoms with E-state index in [1.54, 1.807) is 5.48 Å². The van der Waals surface area contributed by atoms with Gasteiger partial charge in [0.05, 0.1) is 0 Å². The van der Waals surface area contributed by atoms with Crippen molar-refractivity contribution in [3.05, 3.63) is 60.2 Å². The van der Waals surface area contributed by atoms with Gasteiger partial charge < -0.3 is 10.2 Å². The molecule has 0 spiro atoms. The summed E-state index contributed by atoms with van der Waals surface area (Å²) in [5, 5.41) is 11.3. The van der Waals surface area contributed by atoms with E-state index in [1.165, 1.54) is 0 Å². The Morgan fingerprint density at radius 3 is 2.27 bits per heavy atom. The summed E-state index contributed by atoms with van der Waals surface area (Å²) in [7, 11) is 1.93. The van der Waals surface area contributed by atoms with Crippen LogP contribution in [0.15, 0.2) is 54.6 Å². The molecule has 2 aromatic carbocycles. The fourth-order valence-electron chi connectivity index (χ4n) is 2.58. The number of hydrogen-bond donors (Lipinski definition) is 3. The van der Waals surface area contributed by atoms with E-state index in [4.69, 9.17) is 5.21 Å². The summed E-state index contributed by atoms with van der Waals surface area (Å²) in [4.78, 5) is 25.2. The number of carbonyl (C=O) groups is 2. The Morgan fingerprint density at radius 2 is 1.62 bits per heavy atom. The van der Waals surface area contributed by atoms with Crippen molar-refractivity contribution in [2.24, 2.45) is 0 Å². The molecule has 0 saturated carbocycles. The SMILES string of the molecule is CN(CCCC(=O)NO)CCNC(=O)c1ccc(-c2ccccc2)cc1. The van der Waals surface area contributed by atoms with Crippen molar-refractivity contribution in [3.63, 3.8) is 0 Å². The molecule has 0 aliphatic carbocycles. The molecule has 0 fully saturated rings. The quantitative estimate of drug-likeness (QED) is 0.476. The number of hydrogen-bond acceptors (Lipinski definition) is 4. The highest BCUT2D eigenvalue weighted by atomic mass is 16.5. The second-order valence-electron chi connectivity index (χ2n) is 6.14. The van der Waals surface area contributed by atoms with Crippen molar-refractivity contribution in [1.82, 2.24) is 15.7 Å². The van der Waals surface area contributed by atoms with Gasteiger partial charge in [0.1, 0.15) is 0 Å². The molecule has 2 aromatic rings. The van der Waals surface area contributed by atoms with Gasteiger partial charge in [0.15, 0.2) is 0 Å². The van der Waals surface area contributed by atoms with Crippen LogP contribution in [0.3, 0.4) is 0 Å². The maximum absolute atomic E-state index is 12.2. The van der Waals surface area contributed by atoms with Crippen molar-refractivity contribution >= 4 is 11.8 Å². The summed E-state index contributed by atoms with van der Waals surface area (Å²) >= 11 is 0. The van der Waals surface area contributed by atoms with E-state index in [2.05, 4.69) is 5.32 Å². The number of rotatable bonds is 9. The highest BCUT2D eigenvalue weighted by molar-refractivity contribution is 5.94. The predicted octanol–water partition coefficient (Wildman–Crippen LogP) is 2.30. The number of nitrogens with zero attached hydrogens (tertiary/aromatic N) is 1. The molecule has 0 bridgehead atoms. The van der Waals surface area contributed by atoms with Crippen molar-refractivity contribution in [2.45, 2.75) is 12.8 Å². The fourth-order valence-corrected chi connectivity index (χ4v) is 2.58. The number of amides is 2. The number of benzene rings is 2. The third kappa shape index (κ3) is 6.31. The van der Waals surface area contributed by atoms with Crippen LogP contribution in [0.2, 0.25) is 0 Å². The van der Waals surface area contributed by atoms with Crippen LogP contribution in [0.4, 0.5) is 0 Å². The predicted molar refractivity (Wildman–Crippen MR) is 101 cm³/mol. The van der Waals surface area contributed by atoms with Gasteiger partial charge in [0.25, 0.3) is 5.91 Å². The van der Waals surface area contributed by atoms with E-state index in [1.807, 2.05) is 66.5 Å². The minimum absolute atomic E-state index is 0.0994. The lowest BCUT2D eigenvalue weighted by Gasteiger charge is -2.16. The summed E-state index contributed by atoms with van der Waals surface area (Å²) in [6, 6.07) is 17.6. The standard InChI is InChI=1S/C20H25N3O3/c1-23(14-5-8-19(24)22-26)15-13-21-20(25)18-11-9-17(10-12-18)16-6-3-2-4-7-16/h2-4,6-7,9-12,26H,5,8,13-15H2,1H3,(H,21,25)(H,22,24). The molecule has 2 rings (SSSR count). The van der Waals surface area contributed by atoms with Crippen molar-refractivity contribution < 1.29 is 14.8 Å². The molecule has 0 saturated heterocycles. The van der Waals surface area contributed by atoms with Crippen molar-refractivity contribution in [3.8, 4) is 11.1 Å². The Hall–Kier alpha value is -2.70. The minimum atomic E-state index is -0.384. The summed E-state index contributed by atoms with van der Waals surface area (Å²) < 4.78 is 0. The van der Waals surface area contributed by atoms with Crippen LogP contribution >= 0.6 is 0 Å². The topological polar surface area (TPSA) is 81.7 Å². The molecular formula is C20H25N3O3. The zero-order valence-electron chi connectivity index (χ0n) is 14.9. The number of likely N-dealkylation sites (N-methyl/N-ethyl adjacent to an activating group) is 1. The molecule has 0 aliphatic heterocycles. The monoisotopic (exact) mass is 355 g/mol. The average molecular weight is 355 g/mol. The molecule has 6 heteroatoms. The molecule has 26 heavy (non-hydrogen) atoms. The molecule has 0 aliphatic rings. The Balaban J connectivity index is 1.73. The van der Waals surface area contributed by atoms with Gasteiger partial charge in [-0.25, -0.2) is 5.48 Å². The normalized spacial score (nSPS) is 10.6. The molecule has 6 nitrogen and oxygen atoms in total. The largest absolute Gasteiger partial charge is 0.351 e. The second-order valence-corrected chi connectivity index (χ2v) is 6.14. The first-order valence-corrected chi connectivity index (χ1v) is 8.65. The Morgan fingerprint density at radius 1 is 0.962 bits per heavy atom. The molecule has 0 radical (unpaired) electrons. The smallest absolute Gasteiger partial charge is 0.251 e. The van der Waals surface area contributed by atoms with E-state index in [0.29, 0.717) is 25.1 Å². The van der Waals surface area contributed by atoms with Crippen LogP contribution in [0.1, 0.15) is 23.2 Å².